The lowest BCUT2D eigenvalue weighted by Gasteiger charge is -2.21. The van der Waals surface area contributed by atoms with E-state index in [4.69, 9.17) is 9.47 Å². The highest BCUT2D eigenvalue weighted by Gasteiger charge is 2.20. The Balaban J connectivity index is 1.43. The summed E-state index contributed by atoms with van der Waals surface area (Å²) in [5.41, 5.74) is 0. The van der Waals surface area contributed by atoms with E-state index in [1.807, 2.05) is 0 Å². The highest BCUT2D eigenvalue weighted by molar-refractivity contribution is 5.78. The first-order valence-electron chi connectivity index (χ1n) is 7.54. The minimum absolute atomic E-state index is 0.154. The molecule has 0 spiro atoms. The first-order valence-corrected chi connectivity index (χ1v) is 7.54. The van der Waals surface area contributed by atoms with E-state index in [9.17, 15) is 4.79 Å². The van der Waals surface area contributed by atoms with Gasteiger partial charge in [0, 0.05) is 26.3 Å². The van der Waals surface area contributed by atoms with E-state index >= 15 is 0 Å². The molecule has 2 heterocycles. The quantitative estimate of drug-likeness (QED) is 0.668. The molecule has 0 saturated carbocycles. The average molecular weight is 270 g/mol. The van der Waals surface area contributed by atoms with Gasteiger partial charge in [0.15, 0.2) is 0 Å². The van der Waals surface area contributed by atoms with Gasteiger partial charge in [0.1, 0.15) is 0 Å². The van der Waals surface area contributed by atoms with E-state index in [0.717, 1.165) is 51.8 Å². The zero-order chi connectivity index (χ0) is 13.3. The van der Waals surface area contributed by atoms with Gasteiger partial charge in [-0.2, -0.15) is 0 Å². The third-order valence-electron chi connectivity index (χ3n) is 3.76. The maximum absolute atomic E-state index is 11.8. The minimum Gasteiger partial charge on any atom is -0.379 e. The van der Waals surface area contributed by atoms with Gasteiger partial charge in [0.05, 0.1) is 18.6 Å². The predicted molar refractivity (Wildman–Crippen MR) is 73.0 cm³/mol. The van der Waals surface area contributed by atoms with Gasteiger partial charge < -0.3 is 20.1 Å². The van der Waals surface area contributed by atoms with E-state index in [0.29, 0.717) is 25.9 Å². The molecule has 0 aromatic rings. The second-order valence-electron chi connectivity index (χ2n) is 5.40. The number of ether oxygens (including phenoxy) is 2. The summed E-state index contributed by atoms with van der Waals surface area (Å²) in [7, 11) is 0. The third-order valence-corrected chi connectivity index (χ3v) is 3.76. The Morgan fingerprint density at radius 3 is 3.05 bits per heavy atom. The van der Waals surface area contributed by atoms with Gasteiger partial charge in [-0.25, -0.2) is 0 Å². The second kappa shape index (κ2) is 8.51. The van der Waals surface area contributed by atoms with Crippen LogP contribution in [-0.4, -0.2) is 51.5 Å². The fourth-order valence-electron chi connectivity index (χ4n) is 2.60. The Hall–Kier alpha value is -0.650. The Kier molecular flexibility index (Phi) is 6.61. The summed E-state index contributed by atoms with van der Waals surface area (Å²) in [5.74, 6) is 0.341. The molecule has 0 aromatic heterocycles. The SMILES string of the molecule is O=C(NCCCOCC1CCCO1)[C@H]1CCCNC1. The molecule has 19 heavy (non-hydrogen) atoms. The van der Waals surface area contributed by atoms with Crippen LogP contribution in [-0.2, 0) is 14.3 Å². The first kappa shape index (κ1) is 14.8. The lowest BCUT2D eigenvalue weighted by Crippen LogP contribution is -2.40. The maximum atomic E-state index is 11.8. The molecule has 2 saturated heterocycles. The zero-order valence-electron chi connectivity index (χ0n) is 11.7. The average Bonchev–Trinajstić information content (AvgIpc) is 2.96. The van der Waals surface area contributed by atoms with Gasteiger partial charge in [-0.05, 0) is 38.6 Å². The number of hydrogen-bond donors (Lipinski definition) is 2. The monoisotopic (exact) mass is 270 g/mol. The summed E-state index contributed by atoms with van der Waals surface area (Å²) in [4.78, 5) is 11.8. The van der Waals surface area contributed by atoms with Crippen molar-refractivity contribution in [1.82, 2.24) is 10.6 Å². The van der Waals surface area contributed by atoms with E-state index < -0.39 is 0 Å². The molecule has 2 fully saturated rings. The second-order valence-corrected chi connectivity index (χ2v) is 5.40. The van der Waals surface area contributed by atoms with Crippen molar-refractivity contribution in [2.75, 3.05) is 39.5 Å². The van der Waals surface area contributed by atoms with Crippen LogP contribution in [0.4, 0.5) is 0 Å². The molecule has 2 N–H and O–H groups in total. The smallest absolute Gasteiger partial charge is 0.224 e. The summed E-state index contributed by atoms with van der Waals surface area (Å²) in [6.07, 6.45) is 5.54. The highest BCUT2D eigenvalue weighted by Crippen LogP contribution is 2.12. The number of rotatable bonds is 7. The Bertz CT molecular complexity index is 261. The molecule has 0 bridgehead atoms. The van der Waals surface area contributed by atoms with Crippen LogP contribution in [0.2, 0.25) is 0 Å². The van der Waals surface area contributed by atoms with E-state index in [1.165, 1.54) is 0 Å². The van der Waals surface area contributed by atoms with Crippen LogP contribution >= 0.6 is 0 Å². The van der Waals surface area contributed by atoms with Crippen LogP contribution in [0.3, 0.4) is 0 Å². The normalized spacial score (nSPS) is 27.4. The fraction of sp³-hybridized carbons (Fsp3) is 0.929. The van der Waals surface area contributed by atoms with Crippen molar-refractivity contribution < 1.29 is 14.3 Å². The third kappa shape index (κ3) is 5.47. The van der Waals surface area contributed by atoms with Crippen molar-refractivity contribution in [3.8, 4) is 0 Å². The number of carbonyl (C=O) groups excluding carboxylic acids is 1. The van der Waals surface area contributed by atoms with Gasteiger partial charge in [-0.1, -0.05) is 0 Å². The molecule has 110 valence electrons. The number of amides is 1. The lowest BCUT2D eigenvalue weighted by molar-refractivity contribution is -0.125. The van der Waals surface area contributed by atoms with Crippen molar-refractivity contribution in [3.05, 3.63) is 0 Å². The molecule has 5 nitrogen and oxygen atoms in total. The van der Waals surface area contributed by atoms with Gasteiger partial charge in [-0.3, -0.25) is 4.79 Å². The molecule has 2 rings (SSSR count). The molecular weight excluding hydrogens is 244 g/mol. The Morgan fingerprint density at radius 1 is 1.37 bits per heavy atom. The lowest BCUT2D eigenvalue weighted by atomic mass is 9.99. The molecule has 2 atom stereocenters. The largest absolute Gasteiger partial charge is 0.379 e. The van der Waals surface area contributed by atoms with Crippen molar-refractivity contribution in [3.63, 3.8) is 0 Å². The van der Waals surface area contributed by atoms with Crippen LogP contribution in [0.25, 0.3) is 0 Å². The van der Waals surface area contributed by atoms with Gasteiger partial charge in [0.2, 0.25) is 5.91 Å². The number of hydrogen-bond acceptors (Lipinski definition) is 4. The molecule has 0 radical (unpaired) electrons. The summed E-state index contributed by atoms with van der Waals surface area (Å²) in [6.45, 7) is 4.84. The molecule has 0 aromatic carbocycles. The Labute approximate surface area is 115 Å². The van der Waals surface area contributed by atoms with Crippen LogP contribution in [0, 0.1) is 5.92 Å². The molecule has 2 aliphatic rings. The predicted octanol–water partition coefficient (Wildman–Crippen LogP) is 0.688. The standard InChI is InChI=1S/C14H26N2O3/c17-14(12-4-1-6-15-10-12)16-7-3-8-18-11-13-5-2-9-19-13/h12-13,15H,1-11H2,(H,16,17)/t12-,13?/m0/s1. The van der Waals surface area contributed by atoms with Crippen LogP contribution in [0.5, 0.6) is 0 Å². The van der Waals surface area contributed by atoms with Crippen LogP contribution in [0.15, 0.2) is 0 Å². The Morgan fingerprint density at radius 2 is 2.32 bits per heavy atom. The van der Waals surface area contributed by atoms with Crippen molar-refractivity contribution in [1.29, 1.82) is 0 Å². The topological polar surface area (TPSA) is 59.6 Å². The number of piperidine rings is 1. The highest BCUT2D eigenvalue weighted by atomic mass is 16.5. The molecular formula is C14H26N2O3. The summed E-state index contributed by atoms with van der Waals surface area (Å²) in [5, 5.41) is 6.25. The maximum Gasteiger partial charge on any atom is 0.224 e. The number of carbonyl (C=O) groups is 1. The van der Waals surface area contributed by atoms with Crippen molar-refractivity contribution in [2.24, 2.45) is 5.92 Å². The minimum atomic E-state index is 0.154. The van der Waals surface area contributed by atoms with Crippen molar-refractivity contribution >= 4 is 5.91 Å². The first-order chi connectivity index (χ1) is 9.36. The summed E-state index contributed by atoms with van der Waals surface area (Å²) >= 11 is 0. The van der Waals surface area contributed by atoms with E-state index in [2.05, 4.69) is 10.6 Å². The molecule has 1 amide bonds. The van der Waals surface area contributed by atoms with Crippen LogP contribution < -0.4 is 10.6 Å². The van der Waals surface area contributed by atoms with Crippen molar-refractivity contribution in [2.45, 2.75) is 38.2 Å². The summed E-state index contributed by atoms with van der Waals surface area (Å²) < 4.78 is 11.0. The van der Waals surface area contributed by atoms with E-state index in [-0.39, 0.29) is 11.8 Å². The van der Waals surface area contributed by atoms with Crippen LogP contribution in [0.1, 0.15) is 32.1 Å². The van der Waals surface area contributed by atoms with Gasteiger partial charge in [0.25, 0.3) is 0 Å². The molecule has 1 unspecified atom stereocenters. The van der Waals surface area contributed by atoms with Gasteiger partial charge in [-0.15, -0.1) is 0 Å². The molecule has 2 aliphatic heterocycles. The van der Waals surface area contributed by atoms with E-state index in [1.54, 1.807) is 0 Å². The fourth-order valence-corrected chi connectivity index (χ4v) is 2.60. The molecule has 5 heteroatoms. The molecule has 0 aliphatic carbocycles. The zero-order valence-corrected chi connectivity index (χ0v) is 11.7. The van der Waals surface area contributed by atoms with Gasteiger partial charge >= 0.3 is 0 Å². The number of nitrogens with one attached hydrogen (secondary N) is 2. The summed E-state index contributed by atoms with van der Waals surface area (Å²) in [6, 6.07) is 0.